The molecule has 2 fully saturated rings. The molecule has 1 aromatic rings. The van der Waals surface area contributed by atoms with Crippen molar-refractivity contribution in [2.24, 2.45) is 5.92 Å². The Kier molecular flexibility index (Phi) is 4.47. The predicted molar refractivity (Wildman–Crippen MR) is 76.4 cm³/mol. The molecule has 0 radical (unpaired) electrons. The third-order valence-electron chi connectivity index (χ3n) is 4.33. The Balaban J connectivity index is 1.50. The molecule has 3 rings (SSSR count). The summed E-state index contributed by atoms with van der Waals surface area (Å²) < 4.78 is 19.1. The molecule has 3 heterocycles. The Labute approximate surface area is 119 Å². The first kappa shape index (κ1) is 13.8. The molecule has 0 unspecified atom stereocenters. The second-order valence-electron chi connectivity index (χ2n) is 5.67. The highest BCUT2D eigenvalue weighted by atomic mass is 19.1. The number of hydrogen-bond acceptors (Lipinski definition) is 4. The highest BCUT2D eigenvalue weighted by Gasteiger charge is 2.23. The summed E-state index contributed by atoms with van der Waals surface area (Å²) in [7, 11) is 0. The van der Waals surface area contributed by atoms with E-state index in [1.165, 1.54) is 6.20 Å². The lowest BCUT2D eigenvalue weighted by Crippen LogP contribution is -2.43. The molecular weight excluding hydrogens is 257 g/mol. The fourth-order valence-corrected chi connectivity index (χ4v) is 3.13. The number of piperidine rings is 1. The molecule has 0 spiro atoms. The van der Waals surface area contributed by atoms with Gasteiger partial charge < -0.3 is 9.64 Å². The summed E-state index contributed by atoms with van der Waals surface area (Å²) in [6.45, 7) is 6.88. The summed E-state index contributed by atoms with van der Waals surface area (Å²) >= 11 is 0. The maximum Gasteiger partial charge on any atom is 0.164 e. The van der Waals surface area contributed by atoms with Crippen molar-refractivity contribution in [3.05, 3.63) is 24.3 Å². The Bertz CT molecular complexity index is 429. The highest BCUT2D eigenvalue weighted by Crippen LogP contribution is 2.25. The largest absolute Gasteiger partial charge is 0.379 e. The molecule has 4 nitrogen and oxygen atoms in total. The van der Waals surface area contributed by atoms with Gasteiger partial charge in [0.25, 0.3) is 0 Å². The van der Waals surface area contributed by atoms with Gasteiger partial charge in [0.15, 0.2) is 5.82 Å². The molecule has 0 aromatic carbocycles. The molecule has 0 amide bonds. The Hall–Kier alpha value is -1.20. The number of nitrogens with zero attached hydrogens (tertiary/aromatic N) is 3. The first-order valence-electron chi connectivity index (χ1n) is 7.47. The SMILES string of the molecule is Fc1cnccc1N1CCC(CN2CCOCC2)CC1. The predicted octanol–water partition coefficient (Wildman–Crippen LogP) is 1.77. The molecule has 20 heavy (non-hydrogen) atoms. The zero-order valence-electron chi connectivity index (χ0n) is 11.8. The summed E-state index contributed by atoms with van der Waals surface area (Å²) in [6.07, 6.45) is 5.24. The zero-order chi connectivity index (χ0) is 13.8. The summed E-state index contributed by atoms with van der Waals surface area (Å²) in [5, 5.41) is 0. The second kappa shape index (κ2) is 6.50. The molecule has 110 valence electrons. The molecule has 2 aliphatic rings. The molecule has 2 saturated heterocycles. The molecule has 0 atom stereocenters. The fraction of sp³-hybridized carbons (Fsp3) is 0.667. The van der Waals surface area contributed by atoms with E-state index in [9.17, 15) is 4.39 Å². The number of aromatic nitrogens is 1. The summed E-state index contributed by atoms with van der Waals surface area (Å²) in [5.41, 5.74) is 0.699. The smallest absolute Gasteiger partial charge is 0.164 e. The number of pyridine rings is 1. The van der Waals surface area contributed by atoms with Crippen molar-refractivity contribution in [1.29, 1.82) is 0 Å². The average molecular weight is 279 g/mol. The number of hydrogen-bond donors (Lipinski definition) is 0. The zero-order valence-corrected chi connectivity index (χ0v) is 11.8. The van der Waals surface area contributed by atoms with Crippen LogP contribution in [0.4, 0.5) is 10.1 Å². The summed E-state index contributed by atoms with van der Waals surface area (Å²) in [4.78, 5) is 8.45. The number of morpholine rings is 1. The molecule has 0 aliphatic carbocycles. The topological polar surface area (TPSA) is 28.6 Å². The van der Waals surface area contributed by atoms with Crippen LogP contribution in [0.2, 0.25) is 0 Å². The van der Waals surface area contributed by atoms with Gasteiger partial charge in [-0.05, 0) is 24.8 Å². The van der Waals surface area contributed by atoms with Gasteiger partial charge in [0, 0.05) is 38.9 Å². The Morgan fingerprint density at radius 2 is 1.95 bits per heavy atom. The van der Waals surface area contributed by atoms with Crippen molar-refractivity contribution in [1.82, 2.24) is 9.88 Å². The minimum atomic E-state index is -0.209. The third kappa shape index (κ3) is 3.27. The van der Waals surface area contributed by atoms with Gasteiger partial charge in [0.2, 0.25) is 0 Å². The van der Waals surface area contributed by atoms with Gasteiger partial charge in [-0.15, -0.1) is 0 Å². The minimum absolute atomic E-state index is 0.209. The van der Waals surface area contributed by atoms with E-state index in [0.717, 1.165) is 64.7 Å². The van der Waals surface area contributed by atoms with Crippen LogP contribution < -0.4 is 4.90 Å². The van der Waals surface area contributed by atoms with Crippen LogP contribution in [0.1, 0.15) is 12.8 Å². The van der Waals surface area contributed by atoms with Crippen molar-refractivity contribution >= 4 is 5.69 Å². The maximum absolute atomic E-state index is 13.7. The minimum Gasteiger partial charge on any atom is -0.379 e. The van der Waals surface area contributed by atoms with Gasteiger partial charge in [0.05, 0.1) is 25.1 Å². The second-order valence-corrected chi connectivity index (χ2v) is 5.67. The fourth-order valence-electron chi connectivity index (χ4n) is 3.13. The number of halogens is 1. The van der Waals surface area contributed by atoms with Gasteiger partial charge in [-0.2, -0.15) is 0 Å². The summed E-state index contributed by atoms with van der Waals surface area (Å²) in [5.74, 6) is 0.522. The molecule has 0 N–H and O–H groups in total. The molecule has 5 heteroatoms. The Morgan fingerprint density at radius 1 is 1.20 bits per heavy atom. The van der Waals surface area contributed by atoms with Gasteiger partial charge in [-0.25, -0.2) is 4.39 Å². The standard InChI is InChI=1S/C15H22FN3O/c16-14-11-17-4-1-15(14)19-5-2-13(3-6-19)12-18-7-9-20-10-8-18/h1,4,11,13H,2-3,5-10,12H2. The Morgan fingerprint density at radius 3 is 2.65 bits per heavy atom. The van der Waals surface area contributed by atoms with Gasteiger partial charge in [0.1, 0.15) is 0 Å². The lowest BCUT2D eigenvalue weighted by atomic mass is 9.95. The molecular formula is C15H22FN3O. The van der Waals surface area contributed by atoms with Crippen molar-refractivity contribution in [2.45, 2.75) is 12.8 Å². The monoisotopic (exact) mass is 279 g/mol. The molecule has 0 saturated carbocycles. The van der Waals surface area contributed by atoms with Gasteiger partial charge in [-0.3, -0.25) is 9.88 Å². The van der Waals surface area contributed by atoms with E-state index in [2.05, 4.69) is 14.8 Å². The first-order valence-corrected chi connectivity index (χ1v) is 7.47. The van der Waals surface area contributed by atoms with E-state index in [1.54, 1.807) is 12.3 Å². The molecule has 0 bridgehead atoms. The number of rotatable bonds is 3. The number of anilines is 1. The van der Waals surface area contributed by atoms with Crippen molar-refractivity contribution in [3.63, 3.8) is 0 Å². The van der Waals surface area contributed by atoms with Crippen LogP contribution in [0, 0.1) is 11.7 Å². The third-order valence-corrected chi connectivity index (χ3v) is 4.33. The first-order chi connectivity index (χ1) is 9.83. The van der Waals surface area contributed by atoms with Crippen LogP contribution in [-0.2, 0) is 4.74 Å². The van der Waals surface area contributed by atoms with E-state index >= 15 is 0 Å². The van der Waals surface area contributed by atoms with Crippen LogP contribution in [0.25, 0.3) is 0 Å². The molecule has 2 aliphatic heterocycles. The maximum atomic E-state index is 13.7. The van der Waals surface area contributed by atoms with Crippen LogP contribution in [0.3, 0.4) is 0 Å². The lowest BCUT2D eigenvalue weighted by molar-refractivity contribution is 0.0289. The van der Waals surface area contributed by atoms with Crippen molar-refractivity contribution < 1.29 is 9.13 Å². The normalized spacial score (nSPS) is 22.1. The van der Waals surface area contributed by atoms with Crippen LogP contribution in [0.5, 0.6) is 0 Å². The summed E-state index contributed by atoms with van der Waals surface area (Å²) in [6, 6.07) is 1.78. The number of ether oxygens (including phenoxy) is 1. The van der Waals surface area contributed by atoms with Crippen LogP contribution in [0.15, 0.2) is 18.5 Å². The van der Waals surface area contributed by atoms with Crippen molar-refractivity contribution in [3.8, 4) is 0 Å². The molecule has 1 aromatic heterocycles. The lowest BCUT2D eigenvalue weighted by Gasteiger charge is -2.37. The van der Waals surface area contributed by atoms with Crippen LogP contribution in [-0.4, -0.2) is 55.8 Å². The highest BCUT2D eigenvalue weighted by molar-refractivity contribution is 5.46. The quantitative estimate of drug-likeness (QED) is 0.843. The van der Waals surface area contributed by atoms with Crippen molar-refractivity contribution in [2.75, 3.05) is 50.8 Å². The van der Waals surface area contributed by atoms with Gasteiger partial charge in [-0.1, -0.05) is 0 Å². The van der Waals surface area contributed by atoms with Gasteiger partial charge >= 0.3 is 0 Å². The van der Waals surface area contributed by atoms with Crippen LogP contribution >= 0.6 is 0 Å². The van der Waals surface area contributed by atoms with E-state index in [0.29, 0.717) is 5.69 Å². The average Bonchev–Trinajstić information content (AvgIpc) is 2.50. The van der Waals surface area contributed by atoms with E-state index in [1.807, 2.05) is 0 Å². The van der Waals surface area contributed by atoms with E-state index in [-0.39, 0.29) is 5.82 Å². The van der Waals surface area contributed by atoms with E-state index < -0.39 is 0 Å². The van der Waals surface area contributed by atoms with E-state index in [4.69, 9.17) is 4.74 Å².